The Bertz CT molecular complexity index is 1180. The highest BCUT2D eigenvalue weighted by molar-refractivity contribution is 8.14. The van der Waals surface area contributed by atoms with Gasteiger partial charge >= 0.3 is 18.0 Å². The lowest BCUT2D eigenvalue weighted by Crippen LogP contribution is -2.57. The second kappa shape index (κ2) is 11.5. The zero-order valence-electron chi connectivity index (χ0n) is 21.5. The monoisotopic (exact) mass is 542 g/mol. The summed E-state index contributed by atoms with van der Waals surface area (Å²) < 4.78 is 22.7. The Morgan fingerprint density at radius 1 is 1.00 bits per heavy atom. The molecule has 0 spiro atoms. The second-order valence-electron chi connectivity index (χ2n) is 9.79. The standard InChI is InChI=1S/C27H30N2O8S/c1-27(2,3)37-26(33)29(4)25-28-19-20(30)21(36-23(32)17-13-9-6-10-14-17)18(35-24(19)38-25)15-34-22(31)16-11-7-5-8-12-16/h5-14,18-21,24,30H,15H2,1-4H3/t18-,19-,20-,21+,24-/m1/s1. The van der Waals surface area contributed by atoms with E-state index in [9.17, 15) is 19.5 Å². The van der Waals surface area contributed by atoms with Crippen LogP contribution < -0.4 is 0 Å². The van der Waals surface area contributed by atoms with E-state index < -0.39 is 53.4 Å². The third-order valence-corrected chi connectivity index (χ3v) is 6.93. The van der Waals surface area contributed by atoms with E-state index in [2.05, 4.69) is 4.99 Å². The van der Waals surface area contributed by atoms with Crippen LogP contribution in [0.3, 0.4) is 0 Å². The van der Waals surface area contributed by atoms with Crippen LogP contribution in [0, 0.1) is 0 Å². The van der Waals surface area contributed by atoms with Crippen molar-refractivity contribution in [3.63, 3.8) is 0 Å². The molecule has 0 radical (unpaired) electrons. The minimum Gasteiger partial charge on any atom is -0.459 e. The van der Waals surface area contributed by atoms with E-state index in [0.29, 0.717) is 5.56 Å². The summed E-state index contributed by atoms with van der Waals surface area (Å²) in [6, 6.07) is 15.9. The zero-order chi connectivity index (χ0) is 27.4. The van der Waals surface area contributed by atoms with Crippen LogP contribution in [-0.2, 0) is 18.9 Å². The molecule has 11 heteroatoms. The molecular formula is C27H30N2O8S. The highest BCUT2D eigenvalue weighted by Crippen LogP contribution is 2.38. The molecule has 1 saturated heterocycles. The van der Waals surface area contributed by atoms with Crippen molar-refractivity contribution in [2.24, 2.45) is 4.99 Å². The van der Waals surface area contributed by atoms with Gasteiger partial charge in [-0.1, -0.05) is 48.2 Å². The first kappa shape index (κ1) is 27.6. The van der Waals surface area contributed by atoms with Crippen molar-refractivity contribution in [2.45, 2.75) is 56.2 Å². The molecule has 0 unspecified atom stereocenters. The van der Waals surface area contributed by atoms with E-state index in [1.54, 1.807) is 81.4 Å². The molecule has 0 saturated carbocycles. The number of fused-ring (bicyclic) bond motifs is 1. The minimum absolute atomic E-state index is 0.279. The van der Waals surface area contributed by atoms with Gasteiger partial charge in [0, 0.05) is 7.05 Å². The normalized spacial score (nSPS) is 24.6. The average molecular weight is 543 g/mol. The van der Waals surface area contributed by atoms with Crippen molar-refractivity contribution in [3.8, 4) is 0 Å². The summed E-state index contributed by atoms with van der Waals surface area (Å²) in [5, 5.41) is 11.5. The van der Waals surface area contributed by atoms with E-state index in [0.717, 1.165) is 11.8 Å². The molecule has 10 nitrogen and oxygen atoms in total. The number of ether oxygens (including phenoxy) is 4. The third-order valence-electron chi connectivity index (χ3n) is 5.72. The Kier molecular flexibility index (Phi) is 8.39. The highest BCUT2D eigenvalue weighted by atomic mass is 32.2. The topological polar surface area (TPSA) is 124 Å². The molecule has 202 valence electrons. The number of hydrogen-bond acceptors (Lipinski definition) is 10. The number of esters is 2. The van der Waals surface area contributed by atoms with Crippen LogP contribution in [0.2, 0.25) is 0 Å². The third kappa shape index (κ3) is 6.53. The lowest BCUT2D eigenvalue weighted by Gasteiger charge is -2.39. The van der Waals surface area contributed by atoms with Crippen LogP contribution in [0.15, 0.2) is 65.7 Å². The number of rotatable bonds is 5. The molecule has 2 heterocycles. The summed E-state index contributed by atoms with van der Waals surface area (Å²) in [6.07, 6.45) is -4.08. The fourth-order valence-electron chi connectivity index (χ4n) is 3.84. The molecule has 0 bridgehead atoms. The van der Waals surface area contributed by atoms with Crippen molar-refractivity contribution in [3.05, 3.63) is 71.8 Å². The van der Waals surface area contributed by atoms with E-state index in [1.165, 1.54) is 11.9 Å². The van der Waals surface area contributed by atoms with E-state index in [1.807, 2.05) is 0 Å². The van der Waals surface area contributed by atoms with E-state index in [4.69, 9.17) is 18.9 Å². The van der Waals surface area contributed by atoms with Crippen molar-refractivity contribution >= 4 is 35.0 Å². The number of benzene rings is 2. The molecule has 0 aliphatic carbocycles. The van der Waals surface area contributed by atoms with Crippen molar-refractivity contribution in [2.75, 3.05) is 13.7 Å². The van der Waals surface area contributed by atoms with Crippen LogP contribution in [-0.4, -0.2) is 82.3 Å². The number of carbonyl (C=O) groups is 3. The largest absolute Gasteiger partial charge is 0.459 e. The minimum atomic E-state index is -1.29. The zero-order valence-corrected chi connectivity index (χ0v) is 22.3. The first-order valence-corrected chi connectivity index (χ1v) is 12.9. The van der Waals surface area contributed by atoms with Crippen molar-refractivity contribution < 1.29 is 38.4 Å². The Morgan fingerprint density at radius 2 is 1.58 bits per heavy atom. The lowest BCUT2D eigenvalue weighted by molar-refractivity contribution is -0.167. The molecule has 2 aromatic carbocycles. The van der Waals surface area contributed by atoms with E-state index >= 15 is 0 Å². The SMILES string of the molecule is CN(C(=O)OC(C)(C)C)C1=N[C@@H]2[C@@H](O)[C@@H](OC(=O)c3ccccc3)[C@@H](COC(=O)c3ccccc3)O[C@@H]2S1. The first-order valence-electron chi connectivity index (χ1n) is 12.1. The lowest BCUT2D eigenvalue weighted by atomic mass is 9.98. The summed E-state index contributed by atoms with van der Waals surface area (Å²) in [4.78, 5) is 43.7. The Labute approximate surface area is 224 Å². The molecule has 2 aliphatic rings. The predicted octanol–water partition coefficient (Wildman–Crippen LogP) is 3.49. The quantitative estimate of drug-likeness (QED) is 0.447. The van der Waals surface area contributed by atoms with Gasteiger partial charge in [0.25, 0.3) is 0 Å². The number of aliphatic hydroxyl groups excluding tert-OH is 1. The fraction of sp³-hybridized carbons (Fsp3) is 0.407. The highest BCUT2D eigenvalue weighted by Gasteiger charge is 2.52. The molecule has 4 rings (SSSR count). The van der Waals surface area contributed by atoms with Gasteiger partial charge in [0.15, 0.2) is 11.3 Å². The molecule has 2 aliphatic heterocycles. The summed E-state index contributed by atoms with van der Waals surface area (Å²) in [5.41, 5.74) is -0.782. The second-order valence-corrected chi connectivity index (χ2v) is 10.9. The van der Waals surface area contributed by atoms with Crippen molar-refractivity contribution in [1.82, 2.24) is 4.90 Å². The maximum atomic E-state index is 12.8. The number of thioether (sulfide) groups is 1. The molecule has 1 N–H and O–H groups in total. The first-order chi connectivity index (χ1) is 18.0. The van der Waals surface area contributed by atoms with Crippen LogP contribution in [0.5, 0.6) is 0 Å². The Hall–Kier alpha value is -3.41. The van der Waals surface area contributed by atoms with Crippen molar-refractivity contribution in [1.29, 1.82) is 0 Å². The molecule has 1 fully saturated rings. The van der Waals surface area contributed by atoms with Crippen LogP contribution in [0.4, 0.5) is 4.79 Å². The molecule has 1 amide bonds. The van der Waals surface area contributed by atoms with Gasteiger partial charge in [0.2, 0.25) is 0 Å². The molecular weight excluding hydrogens is 512 g/mol. The Morgan fingerprint density at radius 3 is 2.16 bits per heavy atom. The predicted molar refractivity (Wildman–Crippen MR) is 140 cm³/mol. The average Bonchev–Trinajstić information content (AvgIpc) is 3.33. The van der Waals surface area contributed by atoms with Gasteiger partial charge in [-0.05, 0) is 45.0 Å². The summed E-state index contributed by atoms with van der Waals surface area (Å²) in [6.45, 7) is 4.98. The molecule has 38 heavy (non-hydrogen) atoms. The number of carbonyl (C=O) groups excluding carboxylic acids is 3. The summed E-state index contributed by atoms with van der Waals surface area (Å²) >= 11 is 1.12. The molecule has 2 aromatic rings. The van der Waals surface area contributed by atoms with Gasteiger partial charge in [-0.2, -0.15) is 0 Å². The number of aliphatic imine (C=N–C) groups is 1. The summed E-state index contributed by atoms with van der Waals surface area (Å²) in [5.74, 6) is -1.25. The molecule has 0 aromatic heterocycles. The van der Waals surface area contributed by atoms with Gasteiger partial charge in [0.05, 0.1) is 11.1 Å². The smallest absolute Gasteiger partial charge is 0.416 e. The van der Waals surface area contributed by atoms with E-state index in [-0.39, 0.29) is 17.3 Å². The number of hydrogen-bond donors (Lipinski definition) is 1. The maximum Gasteiger partial charge on any atom is 0.416 e. The molecule has 5 atom stereocenters. The fourth-order valence-corrected chi connectivity index (χ4v) is 5.02. The van der Waals surface area contributed by atoms with Crippen LogP contribution >= 0.6 is 11.8 Å². The van der Waals surface area contributed by atoms with Gasteiger partial charge in [-0.15, -0.1) is 0 Å². The van der Waals surface area contributed by atoms with Gasteiger partial charge in [-0.3, -0.25) is 9.89 Å². The summed E-state index contributed by atoms with van der Waals surface area (Å²) in [7, 11) is 1.51. The van der Waals surface area contributed by atoms with Gasteiger partial charge in [-0.25, -0.2) is 14.4 Å². The van der Waals surface area contributed by atoms with Gasteiger partial charge in [0.1, 0.15) is 35.9 Å². The number of amidine groups is 1. The van der Waals surface area contributed by atoms with Crippen LogP contribution in [0.25, 0.3) is 0 Å². The van der Waals surface area contributed by atoms with Gasteiger partial charge < -0.3 is 24.1 Å². The maximum absolute atomic E-state index is 12.8. The number of nitrogens with zero attached hydrogens (tertiary/aromatic N) is 2. The Balaban J connectivity index is 1.52. The van der Waals surface area contributed by atoms with Crippen LogP contribution in [0.1, 0.15) is 41.5 Å². The number of aliphatic hydroxyl groups is 1. The number of amides is 1.